The van der Waals surface area contributed by atoms with Crippen molar-refractivity contribution in [2.24, 2.45) is 0 Å². The molecular weight excluding hydrogens is 301 g/mol. The molecule has 0 saturated heterocycles. The number of rotatable bonds is 7. The number of benzene rings is 1. The minimum atomic E-state index is -0.313. The third-order valence-corrected chi connectivity index (χ3v) is 3.34. The molecule has 0 radical (unpaired) electrons. The van der Waals surface area contributed by atoms with Crippen molar-refractivity contribution in [3.8, 4) is 11.5 Å². The topological polar surface area (TPSA) is 78.6 Å². The highest BCUT2D eigenvalue weighted by Crippen LogP contribution is 2.18. The summed E-state index contributed by atoms with van der Waals surface area (Å²) < 4.78 is 18.3. The third kappa shape index (κ3) is 4.79. The number of aliphatic hydroxyl groups is 1. The van der Waals surface area contributed by atoms with Crippen LogP contribution in [-0.2, 0) is 6.42 Å². The van der Waals surface area contributed by atoms with Crippen molar-refractivity contribution in [2.75, 3.05) is 26.2 Å². The van der Waals surface area contributed by atoms with Gasteiger partial charge < -0.3 is 19.7 Å². The lowest BCUT2D eigenvalue weighted by atomic mass is 10.2. The number of oxazole rings is 1. The van der Waals surface area contributed by atoms with E-state index in [4.69, 9.17) is 9.52 Å². The maximum Gasteiger partial charge on any atom is 0.317 e. The molecule has 23 heavy (non-hydrogen) atoms. The second-order valence-corrected chi connectivity index (χ2v) is 4.94. The molecule has 1 heterocycles. The summed E-state index contributed by atoms with van der Waals surface area (Å²) in [6, 6.07) is 5.67. The summed E-state index contributed by atoms with van der Waals surface area (Å²) in [4.78, 5) is 17.7. The molecule has 0 aliphatic rings. The highest BCUT2D eigenvalue weighted by Gasteiger charge is 2.11. The van der Waals surface area contributed by atoms with E-state index in [-0.39, 0.29) is 18.5 Å². The molecule has 124 valence electrons. The van der Waals surface area contributed by atoms with Gasteiger partial charge in [0.25, 0.3) is 0 Å². The van der Waals surface area contributed by atoms with E-state index in [1.165, 1.54) is 23.3 Å². The predicted octanol–water partition coefficient (Wildman–Crippen LogP) is 2.05. The van der Waals surface area contributed by atoms with Crippen molar-refractivity contribution in [2.45, 2.75) is 13.3 Å². The zero-order chi connectivity index (χ0) is 16.7. The molecule has 7 heteroatoms. The third-order valence-electron chi connectivity index (χ3n) is 3.34. The van der Waals surface area contributed by atoms with Crippen LogP contribution in [-0.4, -0.2) is 47.3 Å². The van der Waals surface area contributed by atoms with Gasteiger partial charge in [-0.2, -0.15) is 0 Å². The van der Waals surface area contributed by atoms with E-state index in [2.05, 4.69) is 10.3 Å². The molecule has 6 nitrogen and oxygen atoms in total. The van der Waals surface area contributed by atoms with Crippen molar-refractivity contribution < 1.29 is 18.7 Å². The average Bonchev–Trinajstić information content (AvgIpc) is 3.02. The molecule has 0 unspecified atom stereocenters. The van der Waals surface area contributed by atoms with Crippen molar-refractivity contribution in [1.29, 1.82) is 0 Å². The first kappa shape index (κ1) is 17.0. The maximum atomic E-state index is 12.9. The van der Waals surface area contributed by atoms with Crippen LogP contribution in [0.4, 0.5) is 9.18 Å². The Morgan fingerprint density at radius 1 is 1.39 bits per heavy atom. The Labute approximate surface area is 133 Å². The van der Waals surface area contributed by atoms with Crippen molar-refractivity contribution >= 4 is 6.03 Å². The van der Waals surface area contributed by atoms with Crippen LogP contribution in [0, 0.1) is 5.82 Å². The number of nitrogens with zero attached hydrogens (tertiary/aromatic N) is 2. The standard InChI is InChI=1S/C16H20FN3O3/c1-2-20(9-10-21)16(22)18-8-7-14-11-23-15(19-14)12-3-5-13(17)6-4-12/h3-6,11,21H,2,7-10H2,1H3,(H,18,22). The molecule has 2 N–H and O–H groups in total. The van der Waals surface area contributed by atoms with Crippen LogP contribution >= 0.6 is 0 Å². The first-order chi connectivity index (χ1) is 11.1. The second kappa shape index (κ2) is 8.28. The molecule has 2 rings (SSSR count). The summed E-state index contributed by atoms with van der Waals surface area (Å²) in [6.45, 7) is 3.04. The minimum Gasteiger partial charge on any atom is -0.444 e. The van der Waals surface area contributed by atoms with Gasteiger partial charge in [-0.05, 0) is 31.2 Å². The molecule has 0 aliphatic heterocycles. The number of carbonyl (C=O) groups is 1. The van der Waals surface area contributed by atoms with Gasteiger partial charge in [0.15, 0.2) is 0 Å². The van der Waals surface area contributed by atoms with E-state index >= 15 is 0 Å². The number of hydrogen-bond donors (Lipinski definition) is 2. The van der Waals surface area contributed by atoms with Gasteiger partial charge in [0, 0.05) is 31.6 Å². The fourth-order valence-electron chi connectivity index (χ4n) is 2.08. The van der Waals surface area contributed by atoms with Crippen LogP contribution in [0.25, 0.3) is 11.5 Å². The number of likely N-dealkylation sites (N-methyl/N-ethyl adjacent to an activating group) is 1. The van der Waals surface area contributed by atoms with Crippen LogP contribution in [0.3, 0.4) is 0 Å². The zero-order valence-electron chi connectivity index (χ0n) is 13.0. The summed E-state index contributed by atoms with van der Waals surface area (Å²) in [6.07, 6.45) is 2.04. The zero-order valence-corrected chi connectivity index (χ0v) is 13.0. The maximum absolute atomic E-state index is 12.9. The summed E-state index contributed by atoms with van der Waals surface area (Å²) in [7, 11) is 0. The van der Waals surface area contributed by atoms with E-state index in [0.29, 0.717) is 43.2 Å². The number of carbonyl (C=O) groups excluding carboxylic acids is 1. The summed E-state index contributed by atoms with van der Waals surface area (Å²) in [5.74, 6) is 0.105. The summed E-state index contributed by atoms with van der Waals surface area (Å²) >= 11 is 0. The fraction of sp³-hybridized carbons (Fsp3) is 0.375. The van der Waals surface area contributed by atoms with Crippen LogP contribution < -0.4 is 5.32 Å². The molecule has 0 atom stereocenters. The Hall–Kier alpha value is -2.41. The number of aromatic nitrogens is 1. The number of aliphatic hydroxyl groups excluding tert-OH is 1. The molecule has 0 bridgehead atoms. The first-order valence-corrected chi connectivity index (χ1v) is 7.48. The van der Waals surface area contributed by atoms with Gasteiger partial charge in [-0.15, -0.1) is 0 Å². The second-order valence-electron chi connectivity index (χ2n) is 4.94. The van der Waals surface area contributed by atoms with E-state index < -0.39 is 0 Å². The Kier molecular flexibility index (Phi) is 6.10. The van der Waals surface area contributed by atoms with Gasteiger partial charge in [-0.3, -0.25) is 0 Å². The van der Waals surface area contributed by atoms with Crippen LogP contribution in [0.15, 0.2) is 34.9 Å². The van der Waals surface area contributed by atoms with Crippen molar-refractivity contribution in [3.63, 3.8) is 0 Å². The molecule has 0 spiro atoms. The summed E-state index contributed by atoms with van der Waals surface area (Å²) in [5.41, 5.74) is 1.40. The smallest absolute Gasteiger partial charge is 0.317 e. The van der Waals surface area contributed by atoms with Crippen molar-refractivity contribution in [1.82, 2.24) is 15.2 Å². The molecule has 2 aromatic rings. The summed E-state index contributed by atoms with van der Waals surface area (Å²) in [5, 5.41) is 11.6. The van der Waals surface area contributed by atoms with Crippen LogP contribution in [0.2, 0.25) is 0 Å². The van der Waals surface area contributed by atoms with Gasteiger partial charge in [0.05, 0.1) is 12.3 Å². The van der Waals surface area contributed by atoms with E-state index in [9.17, 15) is 9.18 Å². The Balaban J connectivity index is 1.85. The van der Waals surface area contributed by atoms with Gasteiger partial charge in [-0.25, -0.2) is 14.2 Å². The Morgan fingerprint density at radius 2 is 2.13 bits per heavy atom. The fourth-order valence-corrected chi connectivity index (χ4v) is 2.08. The van der Waals surface area contributed by atoms with E-state index in [1.54, 1.807) is 12.1 Å². The lowest BCUT2D eigenvalue weighted by Crippen LogP contribution is -2.42. The van der Waals surface area contributed by atoms with Gasteiger partial charge in [0.2, 0.25) is 5.89 Å². The molecule has 0 fully saturated rings. The number of amides is 2. The average molecular weight is 321 g/mol. The lowest BCUT2D eigenvalue weighted by molar-refractivity contribution is 0.180. The highest BCUT2D eigenvalue weighted by atomic mass is 19.1. The predicted molar refractivity (Wildman–Crippen MR) is 83.3 cm³/mol. The monoisotopic (exact) mass is 321 g/mol. The number of nitrogens with one attached hydrogen (secondary N) is 1. The largest absolute Gasteiger partial charge is 0.444 e. The van der Waals surface area contributed by atoms with Gasteiger partial charge in [-0.1, -0.05) is 0 Å². The SMILES string of the molecule is CCN(CCO)C(=O)NCCc1coc(-c2ccc(F)cc2)n1. The van der Waals surface area contributed by atoms with Crippen LogP contribution in [0.1, 0.15) is 12.6 Å². The molecular formula is C16H20FN3O3. The van der Waals surface area contributed by atoms with E-state index in [0.717, 1.165) is 0 Å². The minimum absolute atomic E-state index is 0.0639. The van der Waals surface area contributed by atoms with Crippen LogP contribution in [0.5, 0.6) is 0 Å². The van der Waals surface area contributed by atoms with Gasteiger partial charge in [0.1, 0.15) is 12.1 Å². The Morgan fingerprint density at radius 3 is 2.78 bits per heavy atom. The quantitative estimate of drug-likeness (QED) is 0.818. The number of halogens is 1. The number of hydrogen-bond acceptors (Lipinski definition) is 4. The first-order valence-electron chi connectivity index (χ1n) is 7.48. The van der Waals surface area contributed by atoms with Crippen molar-refractivity contribution in [3.05, 3.63) is 42.0 Å². The normalized spacial score (nSPS) is 10.6. The molecule has 1 aromatic carbocycles. The lowest BCUT2D eigenvalue weighted by Gasteiger charge is -2.19. The Bertz CT molecular complexity index is 628. The highest BCUT2D eigenvalue weighted by molar-refractivity contribution is 5.74. The molecule has 2 amide bonds. The number of urea groups is 1. The van der Waals surface area contributed by atoms with E-state index in [1.807, 2.05) is 6.92 Å². The van der Waals surface area contributed by atoms with Gasteiger partial charge >= 0.3 is 6.03 Å². The molecule has 0 aliphatic carbocycles. The molecule has 0 saturated carbocycles. The molecule has 1 aromatic heterocycles.